The van der Waals surface area contributed by atoms with E-state index in [-0.39, 0.29) is 31.1 Å². The maximum atomic E-state index is 12.8. The van der Waals surface area contributed by atoms with Crippen LogP contribution in [0.5, 0.6) is 0 Å². The van der Waals surface area contributed by atoms with E-state index in [1.807, 2.05) is 0 Å². The third-order valence-corrected chi connectivity index (χ3v) is 11.9. The molecular weight excluding hydrogens is 757 g/mol. The van der Waals surface area contributed by atoms with Gasteiger partial charge in [0, 0.05) is 19.3 Å². The van der Waals surface area contributed by atoms with E-state index in [9.17, 15) is 14.4 Å². The Morgan fingerprint density at radius 1 is 0.311 bits per heavy atom. The second-order valence-corrected chi connectivity index (χ2v) is 18.1. The molecule has 0 N–H and O–H groups in total. The lowest BCUT2D eigenvalue weighted by Crippen LogP contribution is -2.30. The summed E-state index contributed by atoms with van der Waals surface area (Å²) in [6.45, 7) is 6.62. The molecule has 0 saturated heterocycles. The lowest BCUT2D eigenvalue weighted by Gasteiger charge is -2.18. The summed E-state index contributed by atoms with van der Waals surface area (Å²) in [6, 6.07) is 0. The fourth-order valence-corrected chi connectivity index (χ4v) is 7.84. The number of hydrogen-bond donors (Lipinski definition) is 0. The number of carbonyl (C=O) groups excluding carboxylic acids is 3. The van der Waals surface area contributed by atoms with Gasteiger partial charge < -0.3 is 14.2 Å². The van der Waals surface area contributed by atoms with Gasteiger partial charge in [0.1, 0.15) is 13.2 Å². The molecule has 0 radical (unpaired) electrons. The standard InChI is InChI=1S/C55H102O6/c1-4-7-10-13-16-19-22-25-27-28-29-31-33-36-39-42-45-48-54(57)60-51-52(50-59-53(56)47-44-41-38-35-32-24-21-18-15-12-9-6-3)61-55(58)49-46-43-40-37-34-30-26-23-20-17-14-11-8-5-2/h18,21,23,26,52H,4-17,19-20,22,24-25,27-51H2,1-3H3/b21-18-,26-23-. The Balaban J connectivity index is 4.33. The average molecular weight is 859 g/mol. The summed E-state index contributed by atoms with van der Waals surface area (Å²) in [7, 11) is 0. The highest BCUT2D eigenvalue weighted by molar-refractivity contribution is 5.71. The van der Waals surface area contributed by atoms with Crippen LogP contribution >= 0.6 is 0 Å². The lowest BCUT2D eigenvalue weighted by molar-refractivity contribution is -0.167. The summed E-state index contributed by atoms with van der Waals surface area (Å²) < 4.78 is 16.8. The quantitative estimate of drug-likeness (QED) is 0.0262. The first-order valence-electron chi connectivity index (χ1n) is 26.8. The van der Waals surface area contributed by atoms with E-state index >= 15 is 0 Å². The molecule has 0 fully saturated rings. The minimum atomic E-state index is -0.774. The fraction of sp³-hybridized carbons (Fsp3) is 0.873. The van der Waals surface area contributed by atoms with Crippen molar-refractivity contribution in [1.82, 2.24) is 0 Å². The molecule has 0 aliphatic carbocycles. The molecule has 6 nitrogen and oxygen atoms in total. The van der Waals surface area contributed by atoms with Crippen molar-refractivity contribution < 1.29 is 28.6 Å². The first-order valence-corrected chi connectivity index (χ1v) is 26.8. The van der Waals surface area contributed by atoms with E-state index < -0.39 is 6.10 Å². The van der Waals surface area contributed by atoms with Crippen molar-refractivity contribution in [2.75, 3.05) is 13.2 Å². The van der Waals surface area contributed by atoms with Crippen molar-refractivity contribution >= 4 is 17.9 Å². The molecule has 6 heteroatoms. The third-order valence-electron chi connectivity index (χ3n) is 11.9. The first kappa shape index (κ1) is 58.9. The zero-order valence-electron chi connectivity index (χ0n) is 40.9. The predicted octanol–water partition coefficient (Wildman–Crippen LogP) is 17.5. The van der Waals surface area contributed by atoms with Gasteiger partial charge in [-0.05, 0) is 70.6 Å². The molecule has 0 amide bonds. The molecule has 1 unspecified atom stereocenters. The number of allylic oxidation sites excluding steroid dienone is 4. The molecule has 0 saturated carbocycles. The van der Waals surface area contributed by atoms with Gasteiger partial charge in [-0.2, -0.15) is 0 Å². The Bertz CT molecular complexity index is 989. The number of rotatable bonds is 49. The van der Waals surface area contributed by atoms with Crippen LogP contribution in [-0.4, -0.2) is 37.2 Å². The minimum Gasteiger partial charge on any atom is -0.462 e. The van der Waals surface area contributed by atoms with Gasteiger partial charge in [-0.25, -0.2) is 0 Å². The molecule has 0 aromatic heterocycles. The highest BCUT2D eigenvalue weighted by Crippen LogP contribution is 2.16. The van der Waals surface area contributed by atoms with E-state index in [1.165, 1.54) is 180 Å². The van der Waals surface area contributed by atoms with Gasteiger partial charge >= 0.3 is 17.9 Å². The number of carbonyl (C=O) groups is 3. The van der Waals surface area contributed by atoms with Crippen LogP contribution in [0.1, 0.15) is 290 Å². The zero-order chi connectivity index (χ0) is 44.4. The summed E-state index contributed by atoms with van der Waals surface area (Å²) in [5.74, 6) is -0.877. The van der Waals surface area contributed by atoms with Crippen molar-refractivity contribution in [2.24, 2.45) is 0 Å². The van der Waals surface area contributed by atoms with Gasteiger partial charge in [0.05, 0.1) is 0 Å². The summed E-state index contributed by atoms with van der Waals surface area (Å²) >= 11 is 0. The van der Waals surface area contributed by atoms with Crippen LogP contribution in [0.2, 0.25) is 0 Å². The molecule has 0 spiro atoms. The molecule has 0 aliphatic rings. The van der Waals surface area contributed by atoms with Gasteiger partial charge in [-0.3, -0.25) is 14.4 Å². The predicted molar refractivity (Wildman–Crippen MR) is 261 cm³/mol. The van der Waals surface area contributed by atoms with Crippen molar-refractivity contribution in [3.63, 3.8) is 0 Å². The number of hydrogen-bond acceptors (Lipinski definition) is 6. The van der Waals surface area contributed by atoms with Crippen LogP contribution in [0.3, 0.4) is 0 Å². The molecule has 0 aromatic rings. The molecule has 0 aromatic carbocycles. The third kappa shape index (κ3) is 48.8. The zero-order valence-corrected chi connectivity index (χ0v) is 40.9. The fourth-order valence-electron chi connectivity index (χ4n) is 7.84. The molecule has 0 aliphatic heterocycles. The van der Waals surface area contributed by atoms with E-state index in [4.69, 9.17) is 14.2 Å². The summed E-state index contributed by atoms with van der Waals surface area (Å²) in [4.78, 5) is 38.0. The van der Waals surface area contributed by atoms with E-state index in [0.29, 0.717) is 19.3 Å². The van der Waals surface area contributed by atoms with Crippen LogP contribution in [0, 0.1) is 0 Å². The Kier molecular flexibility index (Phi) is 48.8. The summed E-state index contributed by atoms with van der Waals surface area (Å²) in [5, 5.41) is 0. The van der Waals surface area contributed by atoms with Crippen molar-refractivity contribution in [3.05, 3.63) is 24.3 Å². The number of unbranched alkanes of at least 4 members (excludes halogenated alkanes) is 34. The molecule has 358 valence electrons. The number of esters is 3. The maximum absolute atomic E-state index is 12.8. The van der Waals surface area contributed by atoms with Gasteiger partial charge in [-0.1, -0.05) is 225 Å². The van der Waals surface area contributed by atoms with Gasteiger partial charge in [-0.15, -0.1) is 0 Å². The molecule has 1 atom stereocenters. The van der Waals surface area contributed by atoms with E-state index in [1.54, 1.807) is 0 Å². The largest absolute Gasteiger partial charge is 0.462 e. The topological polar surface area (TPSA) is 78.9 Å². The molecule has 0 bridgehead atoms. The second kappa shape index (κ2) is 50.5. The van der Waals surface area contributed by atoms with E-state index in [0.717, 1.165) is 70.6 Å². The van der Waals surface area contributed by atoms with Gasteiger partial charge in [0.15, 0.2) is 6.10 Å². The highest BCUT2D eigenvalue weighted by Gasteiger charge is 2.19. The highest BCUT2D eigenvalue weighted by atomic mass is 16.6. The van der Waals surface area contributed by atoms with E-state index in [2.05, 4.69) is 45.1 Å². The molecular formula is C55H102O6. The van der Waals surface area contributed by atoms with Crippen molar-refractivity contribution in [2.45, 2.75) is 297 Å². The molecule has 61 heavy (non-hydrogen) atoms. The van der Waals surface area contributed by atoms with Crippen LogP contribution in [0.4, 0.5) is 0 Å². The van der Waals surface area contributed by atoms with Crippen LogP contribution < -0.4 is 0 Å². The maximum Gasteiger partial charge on any atom is 0.306 e. The Morgan fingerprint density at radius 2 is 0.541 bits per heavy atom. The lowest BCUT2D eigenvalue weighted by atomic mass is 10.0. The van der Waals surface area contributed by atoms with Gasteiger partial charge in [0.2, 0.25) is 0 Å². The monoisotopic (exact) mass is 859 g/mol. The normalized spacial score (nSPS) is 12.1. The Labute approximate surface area is 379 Å². The molecule has 0 rings (SSSR count). The van der Waals surface area contributed by atoms with Crippen molar-refractivity contribution in [3.8, 4) is 0 Å². The molecule has 0 heterocycles. The summed E-state index contributed by atoms with van der Waals surface area (Å²) in [6.07, 6.45) is 57.3. The van der Waals surface area contributed by atoms with Crippen molar-refractivity contribution in [1.29, 1.82) is 0 Å². The number of ether oxygens (including phenoxy) is 3. The second-order valence-electron chi connectivity index (χ2n) is 18.1. The van der Waals surface area contributed by atoms with Crippen LogP contribution in [0.15, 0.2) is 24.3 Å². The Morgan fingerprint density at radius 3 is 0.852 bits per heavy atom. The average Bonchev–Trinajstić information content (AvgIpc) is 3.26. The minimum absolute atomic E-state index is 0.0733. The van der Waals surface area contributed by atoms with Crippen LogP contribution in [0.25, 0.3) is 0 Å². The Hall–Kier alpha value is -2.11. The van der Waals surface area contributed by atoms with Crippen LogP contribution in [-0.2, 0) is 28.6 Å². The van der Waals surface area contributed by atoms with Gasteiger partial charge in [0.25, 0.3) is 0 Å². The smallest absolute Gasteiger partial charge is 0.306 e. The summed E-state index contributed by atoms with van der Waals surface area (Å²) in [5.41, 5.74) is 0. The SMILES string of the molecule is CCCCC/C=C\CCCCCCCC(=O)OCC(COC(=O)CCCCCCCCCCCCCCCCCCC)OC(=O)CCCCCCC/C=C\CCCCCCC. The first-order chi connectivity index (χ1) is 30.0.